The number of nitrogens with zero attached hydrogens (tertiary/aromatic N) is 3. The highest BCUT2D eigenvalue weighted by Gasteiger charge is 2.23. The van der Waals surface area contributed by atoms with Gasteiger partial charge in [0.25, 0.3) is 11.8 Å². The molecule has 30 heavy (non-hydrogen) atoms. The number of hydrogen-bond acceptors (Lipinski definition) is 5. The summed E-state index contributed by atoms with van der Waals surface area (Å²) in [6.45, 7) is 4.11. The Hall–Kier alpha value is -3.52. The fourth-order valence-electron chi connectivity index (χ4n) is 3.34. The van der Waals surface area contributed by atoms with E-state index in [1.54, 1.807) is 21.8 Å². The monoisotopic (exact) mass is 419 g/mol. The van der Waals surface area contributed by atoms with Crippen LogP contribution in [-0.4, -0.2) is 26.2 Å². The first kappa shape index (κ1) is 19.8. The third-order valence-corrected chi connectivity index (χ3v) is 5.80. The van der Waals surface area contributed by atoms with Crippen LogP contribution >= 0.6 is 11.3 Å². The zero-order valence-corrected chi connectivity index (χ0v) is 17.4. The first-order valence-electron chi connectivity index (χ1n) is 9.53. The van der Waals surface area contributed by atoms with Crippen LogP contribution in [0.1, 0.15) is 45.7 Å². The van der Waals surface area contributed by atoms with Crippen LogP contribution in [0.4, 0.5) is 0 Å². The van der Waals surface area contributed by atoms with E-state index in [0.717, 1.165) is 10.4 Å². The lowest BCUT2D eigenvalue weighted by Crippen LogP contribution is -2.32. The predicted octanol–water partition coefficient (Wildman–Crippen LogP) is 3.68. The number of aromatic nitrogens is 3. The van der Waals surface area contributed by atoms with Crippen LogP contribution in [0.2, 0.25) is 0 Å². The van der Waals surface area contributed by atoms with Crippen molar-refractivity contribution in [3.8, 4) is 11.3 Å². The van der Waals surface area contributed by atoms with Gasteiger partial charge in [-0.2, -0.15) is 0 Å². The molecule has 0 fully saturated rings. The van der Waals surface area contributed by atoms with Gasteiger partial charge < -0.3 is 11.1 Å². The minimum absolute atomic E-state index is 0.0282. The number of amides is 2. The van der Waals surface area contributed by atoms with E-state index in [1.165, 1.54) is 6.33 Å². The average molecular weight is 420 g/mol. The van der Waals surface area contributed by atoms with E-state index < -0.39 is 5.91 Å². The molecule has 1 unspecified atom stereocenters. The molecule has 4 aromatic rings. The van der Waals surface area contributed by atoms with E-state index in [2.05, 4.69) is 29.1 Å². The predicted molar refractivity (Wildman–Crippen MR) is 116 cm³/mol. The summed E-state index contributed by atoms with van der Waals surface area (Å²) >= 11 is 1.60. The van der Waals surface area contributed by atoms with Crippen molar-refractivity contribution in [1.82, 2.24) is 19.7 Å². The van der Waals surface area contributed by atoms with E-state index >= 15 is 0 Å². The van der Waals surface area contributed by atoms with Gasteiger partial charge in [0.15, 0.2) is 11.3 Å². The van der Waals surface area contributed by atoms with Gasteiger partial charge in [-0.05, 0) is 29.0 Å². The molecule has 1 aromatic carbocycles. The Labute approximate surface area is 177 Å². The summed E-state index contributed by atoms with van der Waals surface area (Å²) in [7, 11) is 0. The topological polar surface area (TPSA) is 102 Å². The van der Waals surface area contributed by atoms with Crippen LogP contribution in [-0.2, 0) is 0 Å². The Morgan fingerprint density at radius 1 is 1.13 bits per heavy atom. The molecule has 0 saturated carbocycles. The summed E-state index contributed by atoms with van der Waals surface area (Å²) in [6, 6.07) is 15.1. The lowest BCUT2D eigenvalue weighted by atomic mass is 10.0. The van der Waals surface area contributed by atoms with Crippen molar-refractivity contribution in [1.29, 1.82) is 0 Å². The third-order valence-electron chi connectivity index (χ3n) is 4.84. The van der Waals surface area contributed by atoms with Gasteiger partial charge in [-0.15, -0.1) is 11.3 Å². The highest BCUT2D eigenvalue weighted by molar-refractivity contribution is 7.10. The van der Waals surface area contributed by atoms with Crippen LogP contribution in [0.15, 0.2) is 60.2 Å². The van der Waals surface area contributed by atoms with Crippen molar-refractivity contribution < 1.29 is 9.59 Å². The lowest BCUT2D eigenvalue weighted by Gasteiger charge is -2.21. The summed E-state index contributed by atoms with van der Waals surface area (Å²) in [4.78, 5) is 34.6. The van der Waals surface area contributed by atoms with Gasteiger partial charge in [-0.25, -0.2) is 9.97 Å². The molecule has 3 aromatic heterocycles. The lowest BCUT2D eigenvalue weighted by molar-refractivity contribution is 0.0920. The molecule has 0 aliphatic rings. The average Bonchev–Trinajstić information content (AvgIpc) is 3.41. The number of imidazole rings is 1. The van der Waals surface area contributed by atoms with E-state index in [0.29, 0.717) is 5.69 Å². The summed E-state index contributed by atoms with van der Waals surface area (Å²) in [5, 5.41) is 5.07. The van der Waals surface area contributed by atoms with Gasteiger partial charge in [0.2, 0.25) is 0 Å². The second-order valence-electron chi connectivity index (χ2n) is 7.25. The molecule has 2 amide bonds. The second kappa shape index (κ2) is 8.08. The Kier molecular flexibility index (Phi) is 5.33. The van der Waals surface area contributed by atoms with Crippen LogP contribution in [0.25, 0.3) is 16.9 Å². The summed E-state index contributed by atoms with van der Waals surface area (Å²) in [5.74, 6) is -0.820. The smallest absolute Gasteiger partial charge is 0.271 e. The summed E-state index contributed by atoms with van der Waals surface area (Å²) in [5.41, 5.74) is 7.52. The Balaban J connectivity index is 1.81. The summed E-state index contributed by atoms with van der Waals surface area (Å²) < 4.78 is 1.67. The standard InChI is InChI=1S/C22H21N5O2S/c1-13(2)18(17-9-6-10-30-17)26-22(29)15-11-16(14-7-4-3-5-8-14)27-12-24-19(20(23)28)21(27)25-15/h3-13,18H,1-2H3,(H2,23,28)(H,26,29). The zero-order chi connectivity index (χ0) is 21.3. The number of fused-ring (bicyclic) bond motifs is 1. The molecular weight excluding hydrogens is 398 g/mol. The molecule has 0 spiro atoms. The second-order valence-corrected chi connectivity index (χ2v) is 8.23. The molecule has 4 rings (SSSR count). The number of nitrogens with two attached hydrogens (primary N) is 1. The Bertz CT molecular complexity index is 1200. The maximum atomic E-state index is 13.2. The number of nitrogens with one attached hydrogen (secondary N) is 1. The largest absolute Gasteiger partial charge is 0.364 e. The van der Waals surface area contributed by atoms with Gasteiger partial charge in [-0.1, -0.05) is 50.2 Å². The number of hydrogen-bond donors (Lipinski definition) is 2. The zero-order valence-electron chi connectivity index (χ0n) is 16.6. The van der Waals surface area contributed by atoms with Crippen molar-refractivity contribution >= 4 is 28.8 Å². The Morgan fingerprint density at radius 2 is 1.90 bits per heavy atom. The molecule has 0 aliphatic heterocycles. The Morgan fingerprint density at radius 3 is 2.53 bits per heavy atom. The number of thiophene rings is 1. The third kappa shape index (κ3) is 3.69. The van der Waals surface area contributed by atoms with Crippen molar-refractivity contribution in [2.24, 2.45) is 11.7 Å². The van der Waals surface area contributed by atoms with Crippen LogP contribution in [0, 0.1) is 5.92 Å². The number of carbonyl (C=O) groups is 2. The number of carbonyl (C=O) groups excluding carboxylic acids is 2. The van der Waals surface area contributed by atoms with E-state index in [-0.39, 0.29) is 34.9 Å². The van der Waals surface area contributed by atoms with Gasteiger partial charge in [0.1, 0.15) is 12.0 Å². The van der Waals surface area contributed by atoms with E-state index in [4.69, 9.17) is 5.73 Å². The van der Waals surface area contributed by atoms with E-state index in [9.17, 15) is 9.59 Å². The van der Waals surface area contributed by atoms with Gasteiger partial charge in [0.05, 0.1) is 11.7 Å². The first-order chi connectivity index (χ1) is 14.5. The molecule has 0 saturated heterocycles. The van der Waals surface area contributed by atoms with Gasteiger partial charge in [-0.3, -0.25) is 14.0 Å². The normalized spacial score (nSPS) is 12.2. The van der Waals surface area contributed by atoms with Crippen LogP contribution in [0.3, 0.4) is 0 Å². The maximum Gasteiger partial charge on any atom is 0.271 e. The molecule has 3 heterocycles. The molecule has 7 nitrogen and oxygen atoms in total. The molecule has 0 bridgehead atoms. The minimum atomic E-state index is -0.694. The molecule has 152 valence electrons. The first-order valence-corrected chi connectivity index (χ1v) is 10.4. The molecular formula is C22H21N5O2S. The number of primary amides is 1. The fraction of sp³-hybridized carbons (Fsp3) is 0.182. The SMILES string of the molecule is CC(C)C(NC(=O)c1cc(-c2ccccc2)n2cnc(C(N)=O)c2n1)c1cccs1. The molecule has 8 heteroatoms. The fourth-order valence-corrected chi connectivity index (χ4v) is 4.29. The minimum Gasteiger partial charge on any atom is -0.364 e. The van der Waals surface area contributed by atoms with Gasteiger partial charge >= 0.3 is 0 Å². The quantitative estimate of drug-likeness (QED) is 0.498. The molecule has 0 aliphatic carbocycles. The van der Waals surface area contributed by atoms with Crippen molar-refractivity contribution in [2.45, 2.75) is 19.9 Å². The van der Waals surface area contributed by atoms with Gasteiger partial charge in [0, 0.05) is 4.88 Å². The highest BCUT2D eigenvalue weighted by atomic mass is 32.1. The molecule has 3 N–H and O–H groups in total. The highest BCUT2D eigenvalue weighted by Crippen LogP contribution is 2.27. The summed E-state index contributed by atoms with van der Waals surface area (Å²) in [6.07, 6.45) is 1.50. The van der Waals surface area contributed by atoms with Crippen molar-refractivity contribution in [3.63, 3.8) is 0 Å². The number of benzene rings is 1. The van der Waals surface area contributed by atoms with E-state index in [1.807, 2.05) is 47.8 Å². The van der Waals surface area contributed by atoms with Crippen LogP contribution < -0.4 is 11.1 Å². The molecule has 1 atom stereocenters. The molecule has 0 radical (unpaired) electrons. The number of rotatable bonds is 6. The van der Waals surface area contributed by atoms with Crippen molar-refractivity contribution in [3.05, 3.63) is 76.5 Å². The van der Waals surface area contributed by atoms with Crippen LogP contribution in [0.5, 0.6) is 0 Å². The maximum absolute atomic E-state index is 13.2. The van der Waals surface area contributed by atoms with Crippen molar-refractivity contribution in [2.75, 3.05) is 0 Å².